The topological polar surface area (TPSA) is 35.5 Å². The van der Waals surface area contributed by atoms with E-state index >= 15 is 0 Å². The molecule has 0 aliphatic carbocycles. The average Bonchev–Trinajstić information content (AvgIpc) is 3.14. The van der Waals surface area contributed by atoms with Crippen LogP contribution in [0.1, 0.15) is 230 Å². The molecule has 3 nitrogen and oxygen atoms in total. The normalized spacial score (nSPS) is 11.3. The molecule has 3 heteroatoms. The van der Waals surface area contributed by atoms with E-state index in [-0.39, 0.29) is 0 Å². The molecule has 296 valence electrons. The molecule has 0 bridgehead atoms. The van der Waals surface area contributed by atoms with Gasteiger partial charge >= 0.3 is 6.16 Å². The summed E-state index contributed by atoms with van der Waals surface area (Å²) in [5.74, 6) is 1.40. The highest BCUT2D eigenvalue weighted by Crippen LogP contribution is 2.30. The smallest absolute Gasteiger partial charge is 0.394 e. The minimum Gasteiger partial charge on any atom is -0.394 e. The van der Waals surface area contributed by atoms with E-state index in [2.05, 4.69) is 52.0 Å². The number of carbonyl (C=O) groups is 1. The minimum absolute atomic E-state index is 0.595. The third-order valence-electron chi connectivity index (χ3n) is 11.0. The zero-order valence-electron chi connectivity index (χ0n) is 34.8. The highest BCUT2D eigenvalue weighted by Gasteiger charge is 2.18. The Morgan fingerprint density at radius 1 is 0.365 bits per heavy atom. The second kappa shape index (κ2) is 32.2. The maximum Gasteiger partial charge on any atom is 0.519 e. The lowest BCUT2D eigenvalue weighted by Crippen LogP contribution is -2.17. The molecule has 0 radical (unpaired) electrons. The highest BCUT2D eigenvalue weighted by atomic mass is 16.7. The molecule has 52 heavy (non-hydrogen) atoms. The van der Waals surface area contributed by atoms with Crippen LogP contribution in [0.5, 0.6) is 11.5 Å². The lowest BCUT2D eigenvalue weighted by atomic mass is 9.95. The lowest BCUT2D eigenvalue weighted by Gasteiger charge is -2.17. The van der Waals surface area contributed by atoms with Crippen LogP contribution in [0.2, 0.25) is 0 Å². The Bertz CT molecular complexity index is 1050. The maximum atomic E-state index is 13.6. The van der Waals surface area contributed by atoms with E-state index in [1.165, 1.54) is 189 Å². The van der Waals surface area contributed by atoms with Gasteiger partial charge in [0.05, 0.1) is 0 Å². The number of carbonyl (C=O) groups excluding carboxylic acids is 1. The van der Waals surface area contributed by atoms with Crippen LogP contribution in [0, 0.1) is 0 Å². The molecule has 2 aromatic carbocycles. The van der Waals surface area contributed by atoms with Crippen molar-refractivity contribution in [2.75, 3.05) is 0 Å². The van der Waals surface area contributed by atoms with Gasteiger partial charge in [-0.15, -0.1) is 0 Å². The summed E-state index contributed by atoms with van der Waals surface area (Å²) >= 11 is 0. The summed E-state index contributed by atoms with van der Waals surface area (Å²) in [7, 11) is 0. The molecule has 0 aromatic heterocycles. The van der Waals surface area contributed by atoms with Gasteiger partial charge in [-0.25, -0.2) is 4.79 Å². The van der Waals surface area contributed by atoms with Crippen molar-refractivity contribution in [3.8, 4) is 11.5 Å². The van der Waals surface area contributed by atoms with Gasteiger partial charge < -0.3 is 9.47 Å². The molecule has 2 aromatic rings. The van der Waals surface area contributed by atoms with Crippen molar-refractivity contribution in [1.82, 2.24) is 0 Å². The van der Waals surface area contributed by atoms with Crippen molar-refractivity contribution in [3.63, 3.8) is 0 Å². The number of aryl methyl sites for hydroxylation is 2. The Balaban J connectivity index is 2.13. The van der Waals surface area contributed by atoms with Gasteiger partial charge in [-0.2, -0.15) is 0 Å². The van der Waals surface area contributed by atoms with E-state index in [4.69, 9.17) is 9.47 Å². The second-order valence-corrected chi connectivity index (χ2v) is 15.7. The van der Waals surface area contributed by atoms with Gasteiger partial charge in [0.25, 0.3) is 0 Å². The summed E-state index contributed by atoms with van der Waals surface area (Å²) in [6.07, 6.45) is 39.5. The number of hydrogen-bond donors (Lipinski definition) is 0. The van der Waals surface area contributed by atoms with Crippen LogP contribution in [0.4, 0.5) is 4.79 Å². The molecule has 0 spiro atoms. The molecule has 0 N–H and O–H groups in total. The fourth-order valence-corrected chi connectivity index (χ4v) is 7.71. The van der Waals surface area contributed by atoms with Crippen LogP contribution in [0.3, 0.4) is 0 Å². The summed E-state index contributed by atoms with van der Waals surface area (Å²) < 4.78 is 12.3. The first-order chi connectivity index (χ1) is 25.6. The van der Waals surface area contributed by atoms with E-state index in [1.807, 2.05) is 12.1 Å². The van der Waals surface area contributed by atoms with E-state index in [9.17, 15) is 4.79 Å². The van der Waals surface area contributed by atoms with E-state index < -0.39 is 6.16 Å². The molecule has 0 saturated heterocycles. The molecule has 0 unspecified atom stereocenters. The summed E-state index contributed by atoms with van der Waals surface area (Å²) in [5.41, 5.74) is 5.13. The Hall–Kier alpha value is -2.29. The van der Waals surface area contributed by atoms with Crippen LogP contribution >= 0.6 is 0 Å². The molecule has 0 fully saturated rings. The Morgan fingerprint density at radius 3 is 0.942 bits per heavy atom. The monoisotopic (exact) mass is 719 g/mol. The molecule has 0 atom stereocenters. The van der Waals surface area contributed by atoms with Gasteiger partial charge in [0.15, 0.2) is 0 Å². The zero-order valence-corrected chi connectivity index (χ0v) is 34.8. The largest absolute Gasteiger partial charge is 0.519 e. The minimum atomic E-state index is -0.595. The van der Waals surface area contributed by atoms with Gasteiger partial charge in [0.1, 0.15) is 11.5 Å². The van der Waals surface area contributed by atoms with Crippen LogP contribution in [0.15, 0.2) is 36.4 Å². The SMILES string of the molecule is CCCCCCCCCc1cccc(OC(=O)Oc2cccc(CCCCCCCCC)c2CCCCCCCCC)c1CCCCCCCCC. The maximum absolute atomic E-state index is 13.6. The quantitative estimate of drug-likeness (QED) is 0.0410. The van der Waals surface area contributed by atoms with E-state index in [1.54, 1.807) is 0 Å². The van der Waals surface area contributed by atoms with Gasteiger partial charge in [-0.3, -0.25) is 0 Å². The molecular formula is C49H82O3. The molecule has 0 aliphatic heterocycles. The number of hydrogen-bond acceptors (Lipinski definition) is 3. The van der Waals surface area contributed by atoms with Crippen molar-refractivity contribution in [1.29, 1.82) is 0 Å². The average molecular weight is 719 g/mol. The number of benzene rings is 2. The first-order valence-corrected chi connectivity index (χ1v) is 22.8. The van der Waals surface area contributed by atoms with Crippen molar-refractivity contribution >= 4 is 6.16 Å². The van der Waals surface area contributed by atoms with Crippen molar-refractivity contribution in [2.24, 2.45) is 0 Å². The van der Waals surface area contributed by atoms with Crippen LogP contribution in [-0.4, -0.2) is 6.16 Å². The van der Waals surface area contributed by atoms with Crippen LogP contribution in [0.25, 0.3) is 0 Å². The first-order valence-electron chi connectivity index (χ1n) is 22.8. The fourth-order valence-electron chi connectivity index (χ4n) is 7.71. The van der Waals surface area contributed by atoms with Crippen LogP contribution in [-0.2, 0) is 25.7 Å². The Labute approximate surface area is 322 Å². The summed E-state index contributed by atoms with van der Waals surface area (Å²) in [6, 6.07) is 12.6. The zero-order chi connectivity index (χ0) is 37.3. The second-order valence-electron chi connectivity index (χ2n) is 15.7. The lowest BCUT2D eigenvalue weighted by molar-refractivity contribution is 0.151. The number of rotatable bonds is 34. The fraction of sp³-hybridized carbons (Fsp3) is 0.735. The molecular weight excluding hydrogens is 637 g/mol. The van der Waals surface area contributed by atoms with Gasteiger partial charge in [0, 0.05) is 0 Å². The number of ether oxygens (including phenoxy) is 2. The predicted molar refractivity (Wildman–Crippen MR) is 226 cm³/mol. The molecule has 0 heterocycles. The Kier molecular flexibility index (Phi) is 28.4. The van der Waals surface area contributed by atoms with Gasteiger partial charge in [0.2, 0.25) is 0 Å². The molecule has 0 amide bonds. The number of unbranched alkanes of at least 4 members (excludes halogenated alkanes) is 24. The third kappa shape index (κ3) is 21.4. The van der Waals surface area contributed by atoms with Crippen molar-refractivity contribution < 1.29 is 14.3 Å². The summed E-state index contributed by atoms with van der Waals surface area (Å²) in [4.78, 5) is 13.6. The predicted octanol–water partition coefficient (Wildman–Crippen LogP) is 16.4. The van der Waals surface area contributed by atoms with E-state index in [0.29, 0.717) is 11.5 Å². The summed E-state index contributed by atoms with van der Waals surface area (Å²) in [6.45, 7) is 9.12. The van der Waals surface area contributed by atoms with Crippen molar-refractivity contribution in [3.05, 3.63) is 58.7 Å². The summed E-state index contributed by atoms with van der Waals surface area (Å²) in [5, 5.41) is 0. The highest BCUT2D eigenvalue weighted by molar-refractivity contribution is 5.69. The standard InChI is InChI=1S/C49H82O3/c1-5-9-13-17-21-25-29-35-43-37-33-41-47(45(43)39-31-27-23-19-15-11-7-3)51-49(50)52-48-42-34-38-44(36-30-26-22-18-14-10-6-2)46(48)40-32-28-24-20-16-12-8-4/h33-34,37-38,41-42H,5-32,35-36,39-40H2,1-4H3. The molecule has 2 rings (SSSR count). The van der Waals surface area contributed by atoms with Gasteiger partial charge in [-0.05, 0) is 85.8 Å². The van der Waals surface area contributed by atoms with Crippen LogP contribution < -0.4 is 9.47 Å². The van der Waals surface area contributed by atoms with Gasteiger partial charge in [-0.1, -0.05) is 206 Å². The molecule has 0 aliphatic rings. The molecule has 0 saturated carbocycles. The third-order valence-corrected chi connectivity index (χ3v) is 11.0. The first kappa shape index (κ1) is 45.9. The van der Waals surface area contributed by atoms with E-state index in [0.717, 1.165) is 38.5 Å². The Morgan fingerprint density at radius 2 is 0.635 bits per heavy atom. The van der Waals surface area contributed by atoms with Crippen molar-refractivity contribution in [2.45, 2.75) is 233 Å².